The van der Waals surface area contributed by atoms with E-state index in [1.54, 1.807) is 52.1 Å². The Morgan fingerprint density at radius 3 is 2.26 bits per heavy atom. The fourth-order valence-electron chi connectivity index (χ4n) is 3.86. The van der Waals surface area contributed by atoms with Crippen molar-refractivity contribution in [3.8, 4) is 5.88 Å². The molecule has 3 rings (SSSR count). The largest absolute Gasteiger partial charge is 0.469 e. The van der Waals surface area contributed by atoms with Crippen LogP contribution in [-0.4, -0.2) is 32.9 Å². The Morgan fingerprint density at radius 1 is 1.03 bits per heavy atom. The number of carbonyl (C=O) groups excluding carboxylic acids is 2. The van der Waals surface area contributed by atoms with Crippen LogP contribution in [0.2, 0.25) is 0 Å². The highest BCUT2D eigenvalue weighted by Crippen LogP contribution is 2.35. The Morgan fingerprint density at radius 2 is 1.68 bits per heavy atom. The Labute approximate surface area is 198 Å². The number of ether oxygens (including phenoxy) is 1. The minimum Gasteiger partial charge on any atom is -0.469 e. The molecule has 8 nitrogen and oxygen atoms in total. The Balaban J connectivity index is 2.04. The SMILES string of the molecule is CC(C)=C(C)c1c([N+](=O)[O-])ccc(C(=O)c2c(C)nn(C)c2OCC(=O)c2ccccc2)c1C. The number of aryl methyl sites for hydroxylation is 2. The molecule has 0 fully saturated rings. The van der Waals surface area contributed by atoms with Gasteiger partial charge in [-0.3, -0.25) is 19.7 Å². The number of ketones is 2. The first-order valence-corrected chi connectivity index (χ1v) is 10.8. The van der Waals surface area contributed by atoms with Crippen molar-refractivity contribution < 1.29 is 19.2 Å². The molecule has 34 heavy (non-hydrogen) atoms. The third kappa shape index (κ3) is 4.66. The topological polar surface area (TPSA) is 104 Å². The number of hydrogen-bond donors (Lipinski definition) is 0. The molecule has 0 aliphatic rings. The van der Waals surface area contributed by atoms with Gasteiger partial charge < -0.3 is 4.74 Å². The van der Waals surface area contributed by atoms with E-state index in [1.807, 2.05) is 19.9 Å². The van der Waals surface area contributed by atoms with E-state index in [1.165, 1.54) is 16.8 Å². The number of nitro benzene ring substituents is 1. The second kappa shape index (κ2) is 9.82. The van der Waals surface area contributed by atoms with E-state index in [-0.39, 0.29) is 35.3 Å². The van der Waals surface area contributed by atoms with Crippen LogP contribution in [0.15, 0.2) is 48.0 Å². The van der Waals surface area contributed by atoms with Crippen molar-refractivity contribution in [1.29, 1.82) is 0 Å². The summed E-state index contributed by atoms with van der Waals surface area (Å²) in [6, 6.07) is 11.5. The molecular formula is C26H27N3O5. The van der Waals surface area contributed by atoms with Gasteiger partial charge in [-0.15, -0.1) is 0 Å². The summed E-state index contributed by atoms with van der Waals surface area (Å²) in [5, 5.41) is 16.0. The van der Waals surface area contributed by atoms with Crippen molar-refractivity contribution in [3.63, 3.8) is 0 Å². The van der Waals surface area contributed by atoms with Gasteiger partial charge in [0.05, 0.1) is 16.2 Å². The van der Waals surface area contributed by atoms with Crippen LogP contribution in [0, 0.1) is 24.0 Å². The maximum Gasteiger partial charge on any atom is 0.277 e. The molecule has 1 aromatic heterocycles. The first-order valence-electron chi connectivity index (χ1n) is 10.8. The quantitative estimate of drug-likeness (QED) is 0.258. The highest BCUT2D eigenvalue weighted by molar-refractivity contribution is 6.13. The van der Waals surface area contributed by atoms with Crippen LogP contribution in [-0.2, 0) is 7.05 Å². The molecule has 0 N–H and O–H groups in total. The van der Waals surface area contributed by atoms with Crippen LogP contribution < -0.4 is 4.74 Å². The van der Waals surface area contributed by atoms with E-state index in [0.29, 0.717) is 27.9 Å². The van der Waals surface area contributed by atoms with Crippen LogP contribution >= 0.6 is 0 Å². The van der Waals surface area contributed by atoms with E-state index in [4.69, 9.17) is 4.74 Å². The van der Waals surface area contributed by atoms with Gasteiger partial charge in [0.2, 0.25) is 11.7 Å². The normalized spacial score (nSPS) is 10.6. The fourth-order valence-corrected chi connectivity index (χ4v) is 3.86. The van der Waals surface area contributed by atoms with E-state index in [2.05, 4.69) is 5.10 Å². The molecule has 0 atom stereocenters. The predicted octanol–water partition coefficient (Wildman–Crippen LogP) is 5.25. The molecule has 3 aromatic rings. The van der Waals surface area contributed by atoms with E-state index < -0.39 is 4.92 Å². The van der Waals surface area contributed by atoms with E-state index >= 15 is 0 Å². The smallest absolute Gasteiger partial charge is 0.277 e. The van der Waals surface area contributed by atoms with Crippen molar-refractivity contribution in [3.05, 3.63) is 91.7 Å². The first kappa shape index (κ1) is 24.6. The summed E-state index contributed by atoms with van der Waals surface area (Å²) in [5.41, 5.74) is 4.02. The van der Waals surface area contributed by atoms with Crippen molar-refractivity contribution >= 4 is 22.8 Å². The summed E-state index contributed by atoms with van der Waals surface area (Å²) < 4.78 is 7.20. The lowest BCUT2D eigenvalue weighted by atomic mass is 9.90. The summed E-state index contributed by atoms with van der Waals surface area (Å²) in [5.74, 6) is -0.432. The van der Waals surface area contributed by atoms with Gasteiger partial charge in [0, 0.05) is 24.2 Å². The number of aromatic nitrogens is 2. The molecule has 0 spiro atoms. The molecule has 1 heterocycles. The summed E-state index contributed by atoms with van der Waals surface area (Å²) in [4.78, 5) is 37.4. The minimum absolute atomic E-state index is 0.0550. The van der Waals surface area contributed by atoms with Gasteiger partial charge in [-0.25, -0.2) is 4.68 Å². The number of benzene rings is 2. The molecule has 0 amide bonds. The monoisotopic (exact) mass is 461 g/mol. The number of hydrogen-bond acceptors (Lipinski definition) is 6. The van der Waals surface area contributed by atoms with Crippen LogP contribution in [0.3, 0.4) is 0 Å². The molecule has 0 radical (unpaired) electrons. The molecule has 176 valence electrons. The maximum absolute atomic E-state index is 13.7. The molecule has 0 unspecified atom stereocenters. The van der Waals surface area contributed by atoms with Crippen molar-refractivity contribution in [2.45, 2.75) is 34.6 Å². The molecule has 0 saturated heterocycles. The summed E-state index contributed by atoms with van der Waals surface area (Å²) >= 11 is 0. The van der Waals surface area contributed by atoms with Gasteiger partial charge in [-0.05, 0) is 51.8 Å². The highest BCUT2D eigenvalue weighted by Gasteiger charge is 2.28. The lowest BCUT2D eigenvalue weighted by Gasteiger charge is -2.14. The van der Waals surface area contributed by atoms with Gasteiger partial charge in [0.25, 0.3) is 5.69 Å². The lowest BCUT2D eigenvalue weighted by Crippen LogP contribution is -2.15. The van der Waals surface area contributed by atoms with Crippen molar-refractivity contribution in [2.75, 3.05) is 6.61 Å². The fraction of sp³-hybridized carbons (Fsp3) is 0.269. The maximum atomic E-state index is 13.7. The molecule has 0 bridgehead atoms. The number of Topliss-reactive ketones (excluding diaryl/α,β-unsaturated/α-hetero) is 1. The summed E-state index contributed by atoms with van der Waals surface area (Å²) in [7, 11) is 1.63. The Hall–Kier alpha value is -4.07. The number of nitrogens with zero attached hydrogens (tertiary/aromatic N) is 3. The zero-order chi connectivity index (χ0) is 25.2. The second-order valence-electron chi connectivity index (χ2n) is 8.31. The Bertz CT molecular complexity index is 1320. The van der Waals surface area contributed by atoms with Crippen LogP contribution in [0.1, 0.15) is 63.9 Å². The van der Waals surface area contributed by atoms with Gasteiger partial charge in [-0.1, -0.05) is 35.9 Å². The zero-order valence-electron chi connectivity index (χ0n) is 20.1. The minimum atomic E-state index is -0.442. The van der Waals surface area contributed by atoms with Gasteiger partial charge in [0.15, 0.2) is 12.4 Å². The van der Waals surface area contributed by atoms with E-state index in [9.17, 15) is 19.7 Å². The molecule has 8 heteroatoms. The van der Waals surface area contributed by atoms with Gasteiger partial charge in [-0.2, -0.15) is 5.10 Å². The molecule has 2 aromatic carbocycles. The number of rotatable bonds is 8. The standard InChI is InChI=1S/C26H27N3O5/c1-15(2)16(3)23-17(4)20(12-13-21(23)29(32)33)25(31)24-18(5)27-28(6)26(24)34-14-22(30)19-10-8-7-9-11-19/h7-13H,14H2,1-6H3. The number of allylic oxidation sites excluding steroid dienone is 2. The second-order valence-corrected chi connectivity index (χ2v) is 8.31. The summed E-state index contributed by atoms with van der Waals surface area (Å²) in [6.45, 7) is 8.67. The van der Waals surface area contributed by atoms with Crippen molar-refractivity contribution in [1.82, 2.24) is 9.78 Å². The summed E-state index contributed by atoms with van der Waals surface area (Å²) in [6.07, 6.45) is 0. The third-order valence-corrected chi connectivity index (χ3v) is 5.84. The number of nitro groups is 1. The van der Waals surface area contributed by atoms with Crippen molar-refractivity contribution in [2.24, 2.45) is 7.05 Å². The molecule has 0 aliphatic heterocycles. The molecule has 0 saturated carbocycles. The van der Waals surface area contributed by atoms with Crippen LogP contribution in [0.5, 0.6) is 5.88 Å². The molecule has 0 aliphatic carbocycles. The zero-order valence-corrected chi connectivity index (χ0v) is 20.1. The van der Waals surface area contributed by atoms with Crippen LogP contribution in [0.4, 0.5) is 5.69 Å². The van der Waals surface area contributed by atoms with Crippen LogP contribution in [0.25, 0.3) is 5.57 Å². The van der Waals surface area contributed by atoms with Gasteiger partial charge in [0.1, 0.15) is 5.56 Å². The van der Waals surface area contributed by atoms with Gasteiger partial charge >= 0.3 is 0 Å². The first-order chi connectivity index (χ1) is 16.0. The molecular weight excluding hydrogens is 434 g/mol. The third-order valence-electron chi connectivity index (χ3n) is 5.84. The average Bonchev–Trinajstić information content (AvgIpc) is 3.09. The average molecular weight is 462 g/mol. The van der Waals surface area contributed by atoms with E-state index in [0.717, 1.165) is 11.1 Å². The number of carbonyl (C=O) groups is 2. The highest BCUT2D eigenvalue weighted by atomic mass is 16.6. The predicted molar refractivity (Wildman–Crippen MR) is 129 cm³/mol. The lowest BCUT2D eigenvalue weighted by molar-refractivity contribution is -0.385. The Kier molecular flexibility index (Phi) is 7.10.